The SMILES string of the molecule is NC(=O)C1CC2(CNc3ncc(Cl)cc32)C1. The quantitative estimate of drug-likeness (QED) is 0.774. The Labute approximate surface area is 98.2 Å². The van der Waals surface area contributed by atoms with Crippen molar-refractivity contribution >= 4 is 23.3 Å². The molecule has 1 amide bonds. The van der Waals surface area contributed by atoms with Crippen molar-refractivity contribution < 1.29 is 4.79 Å². The van der Waals surface area contributed by atoms with Crippen LogP contribution in [0.4, 0.5) is 5.82 Å². The van der Waals surface area contributed by atoms with Crippen molar-refractivity contribution in [3.63, 3.8) is 0 Å². The first-order valence-electron chi connectivity index (χ1n) is 5.30. The minimum atomic E-state index is -0.200. The van der Waals surface area contributed by atoms with E-state index in [4.69, 9.17) is 17.3 Å². The number of carbonyl (C=O) groups is 1. The van der Waals surface area contributed by atoms with E-state index in [1.165, 1.54) is 0 Å². The third-order valence-electron chi connectivity index (χ3n) is 3.70. The molecule has 2 heterocycles. The summed E-state index contributed by atoms with van der Waals surface area (Å²) in [6.07, 6.45) is 3.26. The molecule has 0 saturated heterocycles. The summed E-state index contributed by atoms with van der Waals surface area (Å²) in [6, 6.07) is 1.95. The summed E-state index contributed by atoms with van der Waals surface area (Å²) in [4.78, 5) is 15.3. The van der Waals surface area contributed by atoms with Crippen molar-refractivity contribution in [3.8, 4) is 0 Å². The number of amides is 1. The van der Waals surface area contributed by atoms with Gasteiger partial charge in [-0.2, -0.15) is 0 Å². The van der Waals surface area contributed by atoms with Gasteiger partial charge in [-0.25, -0.2) is 4.98 Å². The van der Waals surface area contributed by atoms with E-state index in [2.05, 4.69) is 10.3 Å². The monoisotopic (exact) mass is 237 g/mol. The Morgan fingerprint density at radius 3 is 3.06 bits per heavy atom. The number of fused-ring (bicyclic) bond motifs is 2. The van der Waals surface area contributed by atoms with Gasteiger partial charge in [0.1, 0.15) is 5.82 Å². The summed E-state index contributed by atoms with van der Waals surface area (Å²) in [7, 11) is 0. The highest BCUT2D eigenvalue weighted by molar-refractivity contribution is 6.30. The fourth-order valence-electron chi connectivity index (χ4n) is 2.78. The molecule has 5 heteroatoms. The number of hydrogen-bond acceptors (Lipinski definition) is 3. The average molecular weight is 238 g/mol. The molecule has 1 aliphatic carbocycles. The van der Waals surface area contributed by atoms with E-state index in [9.17, 15) is 4.79 Å². The van der Waals surface area contributed by atoms with E-state index in [0.717, 1.165) is 30.8 Å². The second-order valence-corrected chi connectivity index (χ2v) is 5.13. The molecule has 0 bridgehead atoms. The molecule has 1 fully saturated rings. The summed E-state index contributed by atoms with van der Waals surface area (Å²) in [5, 5.41) is 3.90. The second kappa shape index (κ2) is 3.10. The summed E-state index contributed by atoms with van der Waals surface area (Å²) < 4.78 is 0. The highest BCUT2D eigenvalue weighted by Crippen LogP contribution is 2.52. The van der Waals surface area contributed by atoms with Crippen LogP contribution in [0.5, 0.6) is 0 Å². The Bertz CT molecular complexity index is 468. The number of rotatable bonds is 1. The van der Waals surface area contributed by atoms with E-state index >= 15 is 0 Å². The predicted octanol–water partition coefficient (Wildman–Crippen LogP) is 1.29. The van der Waals surface area contributed by atoms with Crippen LogP contribution in [0.15, 0.2) is 12.3 Å². The third kappa shape index (κ3) is 1.23. The third-order valence-corrected chi connectivity index (χ3v) is 3.90. The van der Waals surface area contributed by atoms with Crippen molar-refractivity contribution in [1.29, 1.82) is 0 Å². The molecule has 2 aliphatic rings. The number of nitrogens with two attached hydrogens (primary N) is 1. The first kappa shape index (κ1) is 9.90. The Morgan fingerprint density at radius 1 is 1.62 bits per heavy atom. The van der Waals surface area contributed by atoms with Gasteiger partial charge in [0.05, 0.1) is 5.02 Å². The van der Waals surface area contributed by atoms with Crippen molar-refractivity contribution in [1.82, 2.24) is 4.98 Å². The van der Waals surface area contributed by atoms with Gasteiger partial charge in [-0.1, -0.05) is 11.6 Å². The molecule has 1 aromatic rings. The lowest BCUT2D eigenvalue weighted by Crippen LogP contribution is -2.48. The van der Waals surface area contributed by atoms with Crippen molar-refractivity contribution in [2.45, 2.75) is 18.3 Å². The molecule has 4 nitrogen and oxygen atoms in total. The predicted molar refractivity (Wildman–Crippen MR) is 61.3 cm³/mol. The maximum Gasteiger partial charge on any atom is 0.220 e. The minimum Gasteiger partial charge on any atom is -0.369 e. The van der Waals surface area contributed by atoms with Crippen LogP contribution in [-0.4, -0.2) is 17.4 Å². The van der Waals surface area contributed by atoms with Gasteiger partial charge >= 0.3 is 0 Å². The van der Waals surface area contributed by atoms with Gasteiger partial charge in [0.25, 0.3) is 0 Å². The van der Waals surface area contributed by atoms with Gasteiger partial charge in [-0.15, -0.1) is 0 Å². The first-order valence-corrected chi connectivity index (χ1v) is 5.68. The van der Waals surface area contributed by atoms with Crippen LogP contribution in [0, 0.1) is 5.92 Å². The fraction of sp³-hybridized carbons (Fsp3) is 0.455. The van der Waals surface area contributed by atoms with Crippen LogP contribution in [0.25, 0.3) is 0 Å². The van der Waals surface area contributed by atoms with Crippen molar-refractivity contribution in [2.24, 2.45) is 11.7 Å². The smallest absolute Gasteiger partial charge is 0.220 e. The number of carbonyl (C=O) groups excluding carboxylic acids is 1. The standard InChI is InChI=1S/C11H12ClN3O/c12-7-1-8-10(14-4-7)15-5-11(8)2-6(3-11)9(13)16/h1,4,6H,2-3,5H2,(H2,13,16)(H,14,15). The maximum atomic E-state index is 11.1. The normalized spacial score (nSPS) is 30.7. The molecular formula is C11H12ClN3O. The molecular weight excluding hydrogens is 226 g/mol. The van der Waals surface area contributed by atoms with Gasteiger partial charge < -0.3 is 11.1 Å². The highest BCUT2D eigenvalue weighted by Gasteiger charge is 2.51. The first-order chi connectivity index (χ1) is 7.61. The number of primary amides is 1. The molecule has 3 rings (SSSR count). The number of pyridine rings is 1. The lowest BCUT2D eigenvalue weighted by Gasteiger charge is -2.43. The van der Waals surface area contributed by atoms with Crippen molar-refractivity contribution in [3.05, 3.63) is 22.8 Å². The molecule has 1 saturated carbocycles. The van der Waals surface area contributed by atoms with E-state index in [-0.39, 0.29) is 17.2 Å². The maximum absolute atomic E-state index is 11.1. The van der Waals surface area contributed by atoms with Gasteiger partial charge in [0.2, 0.25) is 5.91 Å². The zero-order chi connectivity index (χ0) is 11.3. The molecule has 0 atom stereocenters. The molecule has 1 aromatic heterocycles. The molecule has 1 aliphatic heterocycles. The molecule has 1 spiro atoms. The molecule has 84 valence electrons. The van der Waals surface area contributed by atoms with Crippen LogP contribution in [0.2, 0.25) is 5.02 Å². The zero-order valence-electron chi connectivity index (χ0n) is 8.66. The summed E-state index contributed by atoms with van der Waals surface area (Å²) in [6.45, 7) is 0.833. The lowest BCUT2D eigenvalue weighted by atomic mass is 9.59. The molecule has 3 N–H and O–H groups in total. The number of nitrogens with zero attached hydrogens (tertiary/aromatic N) is 1. The lowest BCUT2D eigenvalue weighted by molar-refractivity contribution is -0.126. The van der Waals surface area contributed by atoms with Crippen LogP contribution in [0.1, 0.15) is 18.4 Å². The van der Waals surface area contributed by atoms with Crippen LogP contribution in [0.3, 0.4) is 0 Å². The zero-order valence-corrected chi connectivity index (χ0v) is 9.42. The Morgan fingerprint density at radius 2 is 2.38 bits per heavy atom. The molecule has 0 unspecified atom stereocenters. The fourth-order valence-corrected chi connectivity index (χ4v) is 2.94. The minimum absolute atomic E-state index is 0.00623. The summed E-state index contributed by atoms with van der Waals surface area (Å²) in [5.41, 5.74) is 6.47. The molecule has 0 aromatic carbocycles. The number of hydrogen-bond donors (Lipinski definition) is 2. The number of aromatic nitrogens is 1. The Hall–Kier alpha value is -1.29. The second-order valence-electron chi connectivity index (χ2n) is 4.69. The van der Waals surface area contributed by atoms with Crippen LogP contribution in [-0.2, 0) is 10.2 Å². The Kier molecular flexibility index (Phi) is 1.92. The summed E-state index contributed by atoms with van der Waals surface area (Å²) in [5.74, 6) is 0.702. The number of halogens is 1. The van der Waals surface area contributed by atoms with Crippen LogP contribution < -0.4 is 11.1 Å². The van der Waals surface area contributed by atoms with Gasteiger partial charge in [-0.05, 0) is 18.9 Å². The van der Waals surface area contributed by atoms with E-state index < -0.39 is 0 Å². The highest BCUT2D eigenvalue weighted by atomic mass is 35.5. The van der Waals surface area contributed by atoms with Gasteiger partial charge in [-0.3, -0.25) is 4.79 Å². The Balaban J connectivity index is 1.93. The molecule has 0 radical (unpaired) electrons. The number of nitrogens with one attached hydrogen (secondary N) is 1. The van der Waals surface area contributed by atoms with Crippen molar-refractivity contribution in [2.75, 3.05) is 11.9 Å². The van der Waals surface area contributed by atoms with E-state index in [0.29, 0.717) is 5.02 Å². The topological polar surface area (TPSA) is 68.0 Å². The summed E-state index contributed by atoms with van der Waals surface area (Å²) >= 11 is 5.95. The largest absolute Gasteiger partial charge is 0.369 e. The van der Waals surface area contributed by atoms with Gasteiger partial charge in [0, 0.05) is 29.6 Å². The average Bonchev–Trinajstić information content (AvgIpc) is 2.53. The molecule has 16 heavy (non-hydrogen) atoms. The van der Waals surface area contributed by atoms with E-state index in [1.54, 1.807) is 6.20 Å². The van der Waals surface area contributed by atoms with Gasteiger partial charge in [0.15, 0.2) is 0 Å². The van der Waals surface area contributed by atoms with Crippen LogP contribution >= 0.6 is 11.6 Å². The van der Waals surface area contributed by atoms with E-state index in [1.807, 2.05) is 6.07 Å². The number of anilines is 1.